The quantitative estimate of drug-likeness (QED) is 0.329. The van der Waals surface area contributed by atoms with Crippen molar-refractivity contribution >= 4 is 0 Å². The van der Waals surface area contributed by atoms with Crippen LogP contribution >= 0.6 is 0 Å². The topological polar surface area (TPSA) is 12.5 Å². The molecule has 0 aromatic heterocycles. The molecule has 5 rings (SSSR count). The number of aryl methyl sites for hydroxylation is 4. The van der Waals surface area contributed by atoms with E-state index in [1.807, 2.05) is 0 Å². The van der Waals surface area contributed by atoms with Crippen molar-refractivity contribution in [2.75, 3.05) is 0 Å². The zero-order valence-corrected chi connectivity index (χ0v) is 18.6. The van der Waals surface area contributed by atoms with Crippen molar-refractivity contribution in [1.82, 2.24) is 0 Å². The van der Waals surface area contributed by atoms with Gasteiger partial charge >= 0.3 is 0 Å². The number of hydrogen-bond donors (Lipinski definition) is 0. The van der Waals surface area contributed by atoms with Gasteiger partial charge in [-0.05, 0) is 49.9 Å². The van der Waals surface area contributed by atoms with Crippen molar-refractivity contribution < 1.29 is 4.74 Å². The zero-order valence-electron chi connectivity index (χ0n) is 18.6. The van der Waals surface area contributed by atoms with Crippen LogP contribution in [0.3, 0.4) is 0 Å². The van der Waals surface area contributed by atoms with Gasteiger partial charge in [0.1, 0.15) is 0 Å². The summed E-state index contributed by atoms with van der Waals surface area (Å²) in [7, 11) is 0. The van der Waals surface area contributed by atoms with Crippen molar-refractivity contribution in [1.29, 1.82) is 0 Å². The van der Waals surface area contributed by atoms with E-state index in [-0.39, 0.29) is 0 Å². The predicted molar refractivity (Wildman–Crippen MR) is 127 cm³/mol. The number of epoxide rings is 1. The Labute approximate surface area is 185 Å². The van der Waals surface area contributed by atoms with Crippen LogP contribution in [0.2, 0.25) is 0 Å². The van der Waals surface area contributed by atoms with Crippen LogP contribution in [0.25, 0.3) is 0 Å². The lowest BCUT2D eigenvalue weighted by molar-refractivity contribution is 0.300. The van der Waals surface area contributed by atoms with E-state index >= 15 is 0 Å². The van der Waals surface area contributed by atoms with Crippen LogP contribution < -0.4 is 0 Å². The summed E-state index contributed by atoms with van der Waals surface area (Å²) in [5.41, 5.74) is 8.59. The first-order valence-corrected chi connectivity index (χ1v) is 10.9. The van der Waals surface area contributed by atoms with Gasteiger partial charge in [-0.1, -0.05) is 119 Å². The highest BCUT2D eigenvalue weighted by Crippen LogP contribution is 2.68. The molecule has 0 saturated carbocycles. The highest BCUT2D eigenvalue weighted by molar-refractivity contribution is 5.58. The fourth-order valence-corrected chi connectivity index (χ4v) is 4.74. The SMILES string of the molecule is Cc1ccc(C2(c3ccc(C)cc3)OC2(c2ccc(C)cc2)c2ccc(C)cc2)cc1. The van der Waals surface area contributed by atoms with Crippen LogP contribution in [0, 0.1) is 27.7 Å². The second-order valence-electron chi connectivity index (χ2n) is 8.93. The van der Waals surface area contributed by atoms with Crippen LogP contribution in [0.15, 0.2) is 97.1 Å². The van der Waals surface area contributed by atoms with Crippen molar-refractivity contribution in [2.45, 2.75) is 38.9 Å². The first-order valence-electron chi connectivity index (χ1n) is 10.9. The van der Waals surface area contributed by atoms with Gasteiger partial charge < -0.3 is 4.74 Å². The van der Waals surface area contributed by atoms with Gasteiger partial charge in [-0.15, -0.1) is 0 Å². The van der Waals surface area contributed by atoms with E-state index in [4.69, 9.17) is 4.74 Å². The van der Waals surface area contributed by atoms with Crippen LogP contribution in [0.1, 0.15) is 44.5 Å². The highest BCUT2D eigenvalue weighted by atomic mass is 16.6. The average Bonchev–Trinajstić information content (AvgIpc) is 3.48. The van der Waals surface area contributed by atoms with E-state index in [0.29, 0.717) is 0 Å². The molecule has 1 fully saturated rings. The molecule has 0 unspecified atom stereocenters. The number of benzene rings is 4. The first kappa shape index (κ1) is 19.8. The molecule has 0 bridgehead atoms. The summed E-state index contributed by atoms with van der Waals surface area (Å²) >= 11 is 0. The first-order chi connectivity index (χ1) is 15.0. The van der Waals surface area contributed by atoms with E-state index in [2.05, 4.69) is 125 Å². The summed E-state index contributed by atoms with van der Waals surface area (Å²) < 4.78 is 7.00. The van der Waals surface area contributed by atoms with Crippen molar-refractivity contribution in [3.8, 4) is 0 Å². The fraction of sp³-hybridized carbons (Fsp3) is 0.200. The second-order valence-corrected chi connectivity index (χ2v) is 8.93. The lowest BCUT2D eigenvalue weighted by Crippen LogP contribution is -2.25. The molecule has 0 spiro atoms. The molecular formula is C30H28O. The Morgan fingerprint density at radius 3 is 0.742 bits per heavy atom. The molecule has 4 aromatic rings. The Hall–Kier alpha value is -3.16. The summed E-state index contributed by atoms with van der Waals surface area (Å²) in [5.74, 6) is 0. The van der Waals surface area contributed by atoms with Gasteiger partial charge in [0, 0.05) is 0 Å². The van der Waals surface area contributed by atoms with E-state index in [1.165, 1.54) is 44.5 Å². The van der Waals surface area contributed by atoms with E-state index in [1.54, 1.807) is 0 Å². The molecular weight excluding hydrogens is 376 g/mol. The molecule has 0 atom stereocenters. The van der Waals surface area contributed by atoms with Gasteiger partial charge in [0.25, 0.3) is 0 Å². The molecule has 1 saturated heterocycles. The van der Waals surface area contributed by atoms with Crippen LogP contribution in [0.4, 0.5) is 0 Å². The Morgan fingerprint density at radius 1 is 0.355 bits per heavy atom. The Kier molecular flexibility index (Phi) is 4.60. The molecule has 31 heavy (non-hydrogen) atoms. The van der Waals surface area contributed by atoms with Crippen molar-refractivity contribution in [3.63, 3.8) is 0 Å². The van der Waals surface area contributed by atoms with Crippen molar-refractivity contribution in [3.05, 3.63) is 142 Å². The molecule has 0 amide bonds. The summed E-state index contributed by atoms with van der Waals surface area (Å²) in [6.45, 7) is 8.51. The number of hydrogen-bond acceptors (Lipinski definition) is 1. The summed E-state index contributed by atoms with van der Waals surface area (Å²) in [6.07, 6.45) is 0. The Bertz CT molecular complexity index is 1010. The summed E-state index contributed by atoms with van der Waals surface area (Å²) in [6, 6.07) is 35.2. The van der Waals surface area contributed by atoms with Gasteiger partial charge in [-0.2, -0.15) is 0 Å². The van der Waals surface area contributed by atoms with Gasteiger partial charge in [0.15, 0.2) is 11.2 Å². The third-order valence-corrected chi connectivity index (χ3v) is 6.59. The molecule has 1 nitrogen and oxygen atoms in total. The van der Waals surface area contributed by atoms with Crippen LogP contribution in [-0.2, 0) is 15.9 Å². The molecule has 1 aliphatic heterocycles. The number of ether oxygens (including phenoxy) is 1. The van der Waals surface area contributed by atoms with Gasteiger partial charge in [-0.3, -0.25) is 0 Å². The summed E-state index contributed by atoms with van der Waals surface area (Å²) in [4.78, 5) is 0. The predicted octanol–water partition coefficient (Wildman–Crippen LogP) is 7.14. The van der Waals surface area contributed by atoms with Gasteiger partial charge in [-0.25, -0.2) is 0 Å². The van der Waals surface area contributed by atoms with Gasteiger partial charge in [0.05, 0.1) is 0 Å². The van der Waals surface area contributed by atoms with Crippen molar-refractivity contribution in [2.24, 2.45) is 0 Å². The van der Waals surface area contributed by atoms with Gasteiger partial charge in [0.2, 0.25) is 0 Å². The highest BCUT2D eigenvalue weighted by Gasteiger charge is 2.73. The molecule has 1 heterocycles. The monoisotopic (exact) mass is 404 g/mol. The second kappa shape index (κ2) is 7.21. The van der Waals surface area contributed by atoms with Crippen LogP contribution in [-0.4, -0.2) is 0 Å². The molecule has 0 radical (unpaired) electrons. The Morgan fingerprint density at radius 2 is 0.548 bits per heavy atom. The lowest BCUT2D eigenvalue weighted by atomic mass is 9.73. The minimum atomic E-state index is -0.571. The summed E-state index contributed by atoms with van der Waals surface area (Å²) in [5, 5.41) is 0. The zero-order chi connectivity index (χ0) is 21.6. The van der Waals surface area contributed by atoms with Crippen LogP contribution in [0.5, 0.6) is 0 Å². The van der Waals surface area contributed by atoms with E-state index < -0.39 is 11.2 Å². The minimum Gasteiger partial charge on any atom is -0.342 e. The number of rotatable bonds is 4. The molecule has 4 aromatic carbocycles. The minimum absolute atomic E-state index is 0.571. The largest absolute Gasteiger partial charge is 0.342 e. The average molecular weight is 405 g/mol. The third-order valence-electron chi connectivity index (χ3n) is 6.59. The third kappa shape index (κ3) is 3.04. The standard InChI is InChI=1S/C30H28O/c1-21-5-13-25(14-6-21)29(26-15-7-22(2)8-16-26)30(31-29,27-17-9-23(3)10-18-27)28-19-11-24(4)12-20-28/h5-20H,1-4H3. The smallest absolute Gasteiger partial charge is 0.157 e. The lowest BCUT2D eigenvalue weighted by Gasteiger charge is -2.23. The molecule has 0 N–H and O–H groups in total. The molecule has 1 heteroatoms. The Balaban J connectivity index is 1.80. The molecule has 154 valence electrons. The van der Waals surface area contributed by atoms with E-state index in [9.17, 15) is 0 Å². The normalized spacial score (nSPS) is 16.1. The maximum absolute atomic E-state index is 7.00. The fourth-order valence-electron chi connectivity index (χ4n) is 4.74. The maximum atomic E-state index is 7.00. The maximum Gasteiger partial charge on any atom is 0.157 e. The van der Waals surface area contributed by atoms with E-state index in [0.717, 1.165) is 0 Å². The molecule has 1 aliphatic rings. The molecule has 0 aliphatic carbocycles.